The van der Waals surface area contributed by atoms with Gasteiger partial charge in [-0.25, -0.2) is 0 Å². The summed E-state index contributed by atoms with van der Waals surface area (Å²) in [6, 6.07) is 0.140. The Bertz CT molecular complexity index is 338. The molecular weight excluding hydrogens is 254 g/mol. The third-order valence-electron chi connectivity index (χ3n) is 4.44. The van der Waals surface area contributed by atoms with Crippen LogP contribution in [0.4, 0.5) is 0 Å². The maximum absolute atomic E-state index is 12.3. The quantitative estimate of drug-likeness (QED) is 0.825. The first-order chi connectivity index (χ1) is 9.34. The number of hydrogen-bond acceptors (Lipinski definition) is 3. The summed E-state index contributed by atoms with van der Waals surface area (Å²) in [5, 5.41) is 0. The average Bonchev–Trinajstić information content (AvgIpc) is 2.45. The van der Waals surface area contributed by atoms with Crippen LogP contribution in [-0.2, 0) is 9.59 Å². The van der Waals surface area contributed by atoms with E-state index in [0.29, 0.717) is 6.04 Å². The molecule has 0 aromatic rings. The van der Waals surface area contributed by atoms with Gasteiger partial charge in [-0.2, -0.15) is 0 Å². The Balaban J connectivity index is 2.49. The van der Waals surface area contributed by atoms with E-state index in [-0.39, 0.29) is 30.3 Å². The number of likely N-dealkylation sites (N-methyl/N-ethyl adjacent to an activating group) is 2. The molecule has 5 heteroatoms. The van der Waals surface area contributed by atoms with E-state index in [1.165, 1.54) is 24.2 Å². The highest BCUT2D eigenvalue weighted by Crippen LogP contribution is 2.21. The van der Waals surface area contributed by atoms with E-state index in [9.17, 15) is 9.59 Å². The van der Waals surface area contributed by atoms with E-state index >= 15 is 0 Å². The lowest BCUT2D eigenvalue weighted by Crippen LogP contribution is -2.47. The van der Waals surface area contributed by atoms with Crippen molar-refractivity contribution in [2.24, 2.45) is 11.7 Å². The normalized spacial score (nSPS) is 19.2. The molecule has 116 valence electrons. The molecular formula is C15H29N3O2. The zero-order valence-electron chi connectivity index (χ0n) is 13.3. The third-order valence-corrected chi connectivity index (χ3v) is 4.44. The molecule has 0 saturated heterocycles. The minimum absolute atomic E-state index is 0.0182. The standard InChI is InChI=1S/C15H29N3O2/c1-11(12(2)16)15(20)17(3)10-14(19)18(4)13-8-6-5-7-9-13/h11-13H,5-10,16H2,1-4H3. The van der Waals surface area contributed by atoms with Gasteiger partial charge in [0.1, 0.15) is 0 Å². The summed E-state index contributed by atoms with van der Waals surface area (Å²) in [5.41, 5.74) is 5.74. The van der Waals surface area contributed by atoms with Crippen LogP contribution < -0.4 is 5.73 Å². The predicted molar refractivity (Wildman–Crippen MR) is 80.1 cm³/mol. The second kappa shape index (κ2) is 7.62. The summed E-state index contributed by atoms with van der Waals surface area (Å²) in [5.74, 6) is -0.303. The smallest absolute Gasteiger partial charge is 0.242 e. The van der Waals surface area contributed by atoms with Gasteiger partial charge in [-0.1, -0.05) is 26.2 Å². The Labute approximate surface area is 122 Å². The number of hydrogen-bond donors (Lipinski definition) is 1. The molecule has 0 aromatic carbocycles. The molecule has 1 rings (SSSR count). The highest BCUT2D eigenvalue weighted by molar-refractivity contribution is 5.86. The van der Waals surface area contributed by atoms with E-state index in [0.717, 1.165) is 12.8 Å². The van der Waals surface area contributed by atoms with E-state index < -0.39 is 0 Å². The number of amides is 2. The Hall–Kier alpha value is -1.10. The molecule has 1 saturated carbocycles. The van der Waals surface area contributed by atoms with Crippen LogP contribution in [0.15, 0.2) is 0 Å². The lowest BCUT2D eigenvalue weighted by atomic mass is 9.94. The minimum atomic E-state index is -0.257. The molecule has 0 bridgehead atoms. The first kappa shape index (κ1) is 17.0. The molecule has 5 nitrogen and oxygen atoms in total. The summed E-state index contributed by atoms with van der Waals surface area (Å²) in [4.78, 5) is 27.7. The minimum Gasteiger partial charge on any atom is -0.341 e. The van der Waals surface area contributed by atoms with E-state index in [2.05, 4.69) is 0 Å². The maximum atomic E-state index is 12.3. The van der Waals surface area contributed by atoms with Gasteiger partial charge in [-0.3, -0.25) is 9.59 Å². The second-order valence-electron chi connectivity index (χ2n) is 6.14. The van der Waals surface area contributed by atoms with Gasteiger partial charge >= 0.3 is 0 Å². The van der Waals surface area contributed by atoms with Crippen molar-refractivity contribution in [2.75, 3.05) is 20.6 Å². The molecule has 0 aliphatic heterocycles. The first-order valence-corrected chi connectivity index (χ1v) is 7.60. The Morgan fingerprint density at radius 2 is 1.70 bits per heavy atom. The Kier molecular flexibility index (Phi) is 6.46. The molecule has 1 aliphatic carbocycles. The van der Waals surface area contributed by atoms with Crippen LogP contribution in [0.3, 0.4) is 0 Å². The molecule has 2 N–H and O–H groups in total. The molecule has 2 amide bonds. The number of carbonyl (C=O) groups excluding carboxylic acids is 2. The number of nitrogens with zero attached hydrogens (tertiary/aromatic N) is 2. The molecule has 20 heavy (non-hydrogen) atoms. The van der Waals surface area contributed by atoms with E-state index in [4.69, 9.17) is 5.73 Å². The highest BCUT2D eigenvalue weighted by Gasteiger charge is 2.26. The van der Waals surface area contributed by atoms with Crippen LogP contribution in [0, 0.1) is 5.92 Å². The maximum Gasteiger partial charge on any atom is 0.242 e. The van der Waals surface area contributed by atoms with Gasteiger partial charge in [0.15, 0.2) is 0 Å². The second-order valence-corrected chi connectivity index (χ2v) is 6.14. The van der Waals surface area contributed by atoms with E-state index in [1.807, 2.05) is 18.9 Å². The van der Waals surface area contributed by atoms with Crippen LogP contribution >= 0.6 is 0 Å². The summed E-state index contributed by atoms with van der Waals surface area (Å²) in [6.45, 7) is 3.76. The summed E-state index contributed by atoms with van der Waals surface area (Å²) < 4.78 is 0. The summed E-state index contributed by atoms with van der Waals surface area (Å²) in [7, 11) is 3.53. The van der Waals surface area contributed by atoms with Gasteiger partial charge in [0.2, 0.25) is 11.8 Å². The fourth-order valence-corrected chi connectivity index (χ4v) is 2.64. The summed E-state index contributed by atoms with van der Waals surface area (Å²) in [6.07, 6.45) is 5.81. The SMILES string of the molecule is CC(N)C(C)C(=O)N(C)CC(=O)N(C)C1CCCCC1. The predicted octanol–water partition coefficient (Wildman–Crippen LogP) is 1.22. The molecule has 1 aliphatic rings. The topological polar surface area (TPSA) is 66.6 Å². The number of rotatable bonds is 5. The Morgan fingerprint density at radius 1 is 1.15 bits per heavy atom. The van der Waals surface area contributed by atoms with Crippen molar-refractivity contribution < 1.29 is 9.59 Å². The zero-order valence-corrected chi connectivity index (χ0v) is 13.3. The lowest BCUT2D eigenvalue weighted by Gasteiger charge is -2.33. The fourth-order valence-electron chi connectivity index (χ4n) is 2.64. The van der Waals surface area contributed by atoms with Crippen molar-refractivity contribution in [3.05, 3.63) is 0 Å². The van der Waals surface area contributed by atoms with Gasteiger partial charge in [-0.15, -0.1) is 0 Å². The number of carbonyl (C=O) groups is 2. The van der Waals surface area contributed by atoms with Gasteiger partial charge in [0.05, 0.1) is 12.5 Å². The monoisotopic (exact) mass is 283 g/mol. The molecule has 0 radical (unpaired) electrons. The largest absolute Gasteiger partial charge is 0.341 e. The summed E-state index contributed by atoms with van der Waals surface area (Å²) >= 11 is 0. The average molecular weight is 283 g/mol. The van der Waals surface area contributed by atoms with Gasteiger partial charge < -0.3 is 15.5 Å². The molecule has 2 unspecified atom stereocenters. The van der Waals surface area contributed by atoms with Crippen molar-refractivity contribution in [3.8, 4) is 0 Å². The van der Waals surface area contributed by atoms with Crippen molar-refractivity contribution in [1.82, 2.24) is 9.80 Å². The van der Waals surface area contributed by atoms with Gasteiger partial charge in [0.25, 0.3) is 0 Å². The molecule has 0 heterocycles. The van der Waals surface area contributed by atoms with Crippen LogP contribution in [0.5, 0.6) is 0 Å². The van der Waals surface area contributed by atoms with Crippen molar-refractivity contribution in [2.45, 2.75) is 58.0 Å². The van der Waals surface area contributed by atoms with Crippen molar-refractivity contribution in [3.63, 3.8) is 0 Å². The van der Waals surface area contributed by atoms with Crippen LogP contribution in [0.2, 0.25) is 0 Å². The molecule has 0 aromatic heterocycles. The lowest BCUT2D eigenvalue weighted by molar-refractivity contribution is -0.142. The highest BCUT2D eigenvalue weighted by atomic mass is 16.2. The Morgan fingerprint density at radius 3 is 2.20 bits per heavy atom. The molecule has 2 atom stereocenters. The fraction of sp³-hybridized carbons (Fsp3) is 0.867. The zero-order chi connectivity index (χ0) is 15.3. The third kappa shape index (κ3) is 4.47. The van der Waals surface area contributed by atoms with E-state index in [1.54, 1.807) is 14.0 Å². The van der Waals surface area contributed by atoms with Crippen LogP contribution in [0.1, 0.15) is 46.0 Å². The van der Waals surface area contributed by atoms with Gasteiger partial charge in [-0.05, 0) is 19.8 Å². The van der Waals surface area contributed by atoms with Crippen molar-refractivity contribution >= 4 is 11.8 Å². The molecule has 0 spiro atoms. The molecule has 1 fully saturated rings. The van der Waals surface area contributed by atoms with Crippen molar-refractivity contribution in [1.29, 1.82) is 0 Å². The van der Waals surface area contributed by atoms with Gasteiger partial charge in [0, 0.05) is 26.2 Å². The number of nitrogens with two attached hydrogens (primary N) is 1. The van der Waals surface area contributed by atoms with Crippen LogP contribution in [0.25, 0.3) is 0 Å². The van der Waals surface area contributed by atoms with Crippen LogP contribution in [-0.4, -0.2) is 54.3 Å². The first-order valence-electron chi connectivity index (χ1n) is 7.60.